The van der Waals surface area contributed by atoms with Crippen LogP contribution in [0.2, 0.25) is 0 Å². The summed E-state index contributed by atoms with van der Waals surface area (Å²) < 4.78 is 15.1. The molecule has 0 radical (unpaired) electrons. The summed E-state index contributed by atoms with van der Waals surface area (Å²) in [6, 6.07) is 16.0. The van der Waals surface area contributed by atoms with Crippen molar-refractivity contribution in [3.63, 3.8) is 0 Å². The number of nitrogens with zero attached hydrogens (tertiary/aromatic N) is 3. The Labute approximate surface area is 175 Å². The standard InChI is InChI=1S/C22H23FN4O.ClH/c23-18-10-8-16(9-11-18)22-17(13-21(28)26-12-4-5-19(24)15-26)14-27(25-22)20-6-2-1-3-7-20;/h1-3,6-11,14,19H,4-5,12-13,15,24H2;1H. The number of nitrogens with two attached hydrogens (primary N) is 1. The Bertz CT molecular complexity index is 959. The van der Waals surface area contributed by atoms with E-state index >= 15 is 0 Å². The van der Waals surface area contributed by atoms with E-state index < -0.39 is 0 Å². The Morgan fingerprint density at radius 3 is 2.55 bits per heavy atom. The van der Waals surface area contributed by atoms with Crippen LogP contribution in [0.25, 0.3) is 16.9 Å². The van der Waals surface area contributed by atoms with E-state index in [0.29, 0.717) is 12.2 Å². The van der Waals surface area contributed by atoms with E-state index in [-0.39, 0.29) is 36.6 Å². The van der Waals surface area contributed by atoms with Gasteiger partial charge in [0.05, 0.1) is 17.8 Å². The molecule has 3 aromatic rings. The van der Waals surface area contributed by atoms with Crippen molar-refractivity contribution < 1.29 is 9.18 Å². The second-order valence-corrected chi connectivity index (χ2v) is 7.21. The lowest BCUT2D eigenvalue weighted by molar-refractivity contribution is -0.131. The predicted octanol–water partition coefficient (Wildman–Crippen LogP) is 3.59. The number of para-hydroxylation sites is 1. The fourth-order valence-corrected chi connectivity index (χ4v) is 3.61. The molecule has 152 valence electrons. The van der Waals surface area contributed by atoms with Gasteiger partial charge in [0.15, 0.2) is 0 Å². The maximum Gasteiger partial charge on any atom is 0.227 e. The van der Waals surface area contributed by atoms with Crippen molar-refractivity contribution in [2.24, 2.45) is 5.73 Å². The van der Waals surface area contributed by atoms with Crippen LogP contribution in [-0.2, 0) is 11.2 Å². The predicted molar refractivity (Wildman–Crippen MR) is 114 cm³/mol. The third kappa shape index (κ3) is 4.83. The Morgan fingerprint density at radius 2 is 1.86 bits per heavy atom. The van der Waals surface area contributed by atoms with Gasteiger partial charge in [-0.25, -0.2) is 9.07 Å². The number of amides is 1. The quantitative estimate of drug-likeness (QED) is 0.709. The third-order valence-electron chi connectivity index (χ3n) is 5.08. The highest BCUT2D eigenvalue weighted by Gasteiger charge is 2.23. The van der Waals surface area contributed by atoms with E-state index in [2.05, 4.69) is 0 Å². The molecule has 1 atom stereocenters. The number of carbonyl (C=O) groups excluding carboxylic acids is 1. The molecule has 1 fully saturated rings. The van der Waals surface area contributed by atoms with Crippen molar-refractivity contribution in [2.75, 3.05) is 13.1 Å². The highest BCUT2D eigenvalue weighted by Crippen LogP contribution is 2.25. The second-order valence-electron chi connectivity index (χ2n) is 7.21. The maximum absolute atomic E-state index is 13.4. The van der Waals surface area contributed by atoms with Crippen LogP contribution < -0.4 is 5.73 Å². The van der Waals surface area contributed by atoms with Gasteiger partial charge in [0, 0.05) is 36.5 Å². The molecule has 0 aliphatic carbocycles. The van der Waals surface area contributed by atoms with Gasteiger partial charge in [0.25, 0.3) is 0 Å². The first-order chi connectivity index (χ1) is 13.6. The molecule has 29 heavy (non-hydrogen) atoms. The summed E-state index contributed by atoms with van der Waals surface area (Å²) in [6.07, 6.45) is 4.01. The van der Waals surface area contributed by atoms with E-state index in [1.165, 1.54) is 12.1 Å². The van der Waals surface area contributed by atoms with Gasteiger partial charge >= 0.3 is 0 Å². The summed E-state index contributed by atoms with van der Waals surface area (Å²) in [5, 5.41) is 4.69. The Hall–Kier alpha value is -2.70. The van der Waals surface area contributed by atoms with E-state index in [1.807, 2.05) is 41.4 Å². The first-order valence-electron chi connectivity index (χ1n) is 9.53. The Balaban J connectivity index is 0.00000240. The topological polar surface area (TPSA) is 64.2 Å². The molecule has 2 aromatic carbocycles. The molecule has 1 aliphatic rings. The molecule has 1 unspecified atom stereocenters. The number of aromatic nitrogens is 2. The number of hydrogen-bond donors (Lipinski definition) is 1. The molecule has 1 saturated heterocycles. The normalized spacial score (nSPS) is 16.3. The molecular formula is C22H24ClFN4O. The zero-order chi connectivity index (χ0) is 19.5. The monoisotopic (exact) mass is 414 g/mol. The molecule has 7 heteroatoms. The van der Waals surface area contributed by atoms with Gasteiger partial charge in [0.1, 0.15) is 5.82 Å². The number of halogens is 2. The first kappa shape index (κ1) is 21.0. The molecule has 0 saturated carbocycles. The summed E-state index contributed by atoms with van der Waals surface area (Å²) >= 11 is 0. The van der Waals surface area contributed by atoms with Crippen molar-refractivity contribution in [2.45, 2.75) is 25.3 Å². The fourth-order valence-electron chi connectivity index (χ4n) is 3.61. The summed E-state index contributed by atoms with van der Waals surface area (Å²) in [6.45, 7) is 1.34. The lowest BCUT2D eigenvalue weighted by Gasteiger charge is -2.30. The van der Waals surface area contributed by atoms with Crippen molar-refractivity contribution in [3.8, 4) is 16.9 Å². The number of rotatable bonds is 4. The highest BCUT2D eigenvalue weighted by atomic mass is 35.5. The number of benzene rings is 2. The van der Waals surface area contributed by atoms with Gasteiger partial charge in [-0.15, -0.1) is 12.4 Å². The SMILES string of the molecule is Cl.NC1CCCN(C(=O)Cc2cn(-c3ccccc3)nc2-c2ccc(F)cc2)C1. The number of carbonyl (C=O) groups is 1. The van der Waals surface area contributed by atoms with Gasteiger partial charge in [-0.2, -0.15) is 5.10 Å². The van der Waals surface area contributed by atoms with Crippen LogP contribution in [0.5, 0.6) is 0 Å². The molecular weight excluding hydrogens is 391 g/mol. The summed E-state index contributed by atoms with van der Waals surface area (Å²) in [4.78, 5) is 14.7. The zero-order valence-electron chi connectivity index (χ0n) is 16.0. The van der Waals surface area contributed by atoms with Gasteiger partial charge in [-0.05, 0) is 49.2 Å². The minimum atomic E-state index is -0.300. The van der Waals surface area contributed by atoms with Crippen LogP contribution in [-0.4, -0.2) is 39.7 Å². The van der Waals surface area contributed by atoms with Crippen molar-refractivity contribution in [1.29, 1.82) is 0 Å². The average Bonchev–Trinajstić information content (AvgIpc) is 3.13. The number of hydrogen-bond acceptors (Lipinski definition) is 3. The smallest absolute Gasteiger partial charge is 0.227 e. The summed E-state index contributed by atoms with van der Waals surface area (Å²) in [7, 11) is 0. The summed E-state index contributed by atoms with van der Waals surface area (Å²) in [5.41, 5.74) is 9.23. The van der Waals surface area contributed by atoms with Crippen molar-refractivity contribution in [1.82, 2.24) is 14.7 Å². The number of piperidine rings is 1. The summed E-state index contributed by atoms with van der Waals surface area (Å²) in [5.74, 6) is -0.253. The van der Waals surface area contributed by atoms with E-state index in [0.717, 1.165) is 36.2 Å². The maximum atomic E-state index is 13.4. The second kappa shape index (κ2) is 9.20. The molecule has 1 aliphatic heterocycles. The van der Waals surface area contributed by atoms with Crippen molar-refractivity contribution >= 4 is 18.3 Å². The van der Waals surface area contributed by atoms with Crippen LogP contribution in [0.3, 0.4) is 0 Å². The van der Waals surface area contributed by atoms with Crippen LogP contribution in [0.1, 0.15) is 18.4 Å². The van der Waals surface area contributed by atoms with Gasteiger partial charge in [-0.1, -0.05) is 18.2 Å². The van der Waals surface area contributed by atoms with Gasteiger partial charge < -0.3 is 10.6 Å². The number of likely N-dealkylation sites (tertiary alicyclic amines) is 1. The lowest BCUT2D eigenvalue weighted by atomic mass is 10.0. The molecule has 1 aromatic heterocycles. The third-order valence-corrected chi connectivity index (χ3v) is 5.08. The van der Waals surface area contributed by atoms with Crippen LogP contribution in [0.4, 0.5) is 4.39 Å². The highest BCUT2D eigenvalue weighted by molar-refractivity contribution is 5.85. The molecule has 0 spiro atoms. The molecule has 2 N–H and O–H groups in total. The van der Waals surface area contributed by atoms with Crippen LogP contribution >= 0.6 is 12.4 Å². The molecule has 1 amide bonds. The van der Waals surface area contributed by atoms with E-state index in [9.17, 15) is 9.18 Å². The zero-order valence-corrected chi connectivity index (χ0v) is 16.8. The average molecular weight is 415 g/mol. The fraction of sp³-hybridized carbons (Fsp3) is 0.273. The molecule has 5 nitrogen and oxygen atoms in total. The largest absolute Gasteiger partial charge is 0.341 e. The van der Waals surface area contributed by atoms with Crippen LogP contribution in [0.15, 0.2) is 60.8 Å². The van der Waals surface area contributed by atoms with Gasteiger partial charge in [-0.3, -0.25) is 4.79 Å². The van der Waals surface area contributed by atoms with Crippen LogP contribution in [0, 0.1) is 5.82 Å². The van der Waals surface area contributed by atoms with E-state index in [4.69, 9.17) is 10.8 Å². The van der Waals surface area contributed by atoms with Gasteiger partial charge in [0.2, 0.25) is 5.91 Å². The lowest BCUT2D eigenvalue weighted by Crippen LogP contribution is -2.46. The molecule has 2 heterocycles. The Morgan fingerprint density at radius 1 is 1.14 bits per heavy atom. The first-order valence-corrected chi connectivity index (χ1v) is 9.53. The minimum Gasteiger partial charge on any atom is -0.341 e. The molecule has 0 bridgehead atoms. The Kier molecular flexibility index (Phi) is 6.67. The van der Waals surface area contributed by atoms with Crippen molar-refractivity contribution in [3.05, 3.63) is 72.2 Å². The minimum absolute atomic E-state index is 0. The molecule has 4 rings (SSSR count). The van der Waals surface area contributed by atoms with E-state index in [1.54, 1.807) is 16.8 Å².